The van der Waals surface area contributed by atoms with Crippen LogP contribution in [0.3, 0.4) is 0 Å². The van der Waals surface area contributed by atoms with Crippen LogP contribution >= 0.6 is 0 Å². The molecule has 0 aromatic heterocycles. The number of rotatable bonds is 8. The van der Waals surface area contributed by atoms with E-state index in [1.54, 1.807) is 0 Å². The molecule has 2 heteroatoms. The fourth-order valence-electron chi connectivity index (χ4n) is 3.41. The first-order chi connectivity index (χ1) is 9.54. The molecule has 1 fully saturated rings. The molecular formula is C18H38N2. The van der Waals surface area contributed by atoms with Gasteiger partial charge in [-0.05, 0) is 63.1 Å². The summed E-state index contributed by atoms with van der Waals surface area (Å²) in [7, 11) is 0. The summed E-state index contributed by atoms with van der Waals surface area (Å²) in [6, 6.07) is 0.750. The van der Waals surface area contributed by atoms with E-state index in [4.69, 9.17) is 5.73 Å². The van der Waals surface area contributed by atoms with Crippen LogP contribution in [0.2, 0.25) is 0 Å². The number of nitrogens with two attached hydrogens (primary N) is 1. The van der Waals surface area contributed by atoms with Gasteiger partial charge in [0.05, 0.1) is 0 Å². The second kappa shape index (κ2) is 9.78. The van der Waals surface area contributed by atoms with Crippen LogP contribution in [0.25, 0.3) is 0 Å². The zero-order valence-electron chi connectivity index (χ0n) is 14.4. The van der Waals surface area contributed by atoms with E-state index >= 15 is 0 Å². The minimum atomic E-state index is 0.733. The topological polar surface area (TPSA) is 29.3 Å². The molecule has 0 amide bonds. The lowest BCUT2D eigenvalue weighted by molar-refractivity contribution is 0.122. The van der Waals surface area contributed by atoms with E-state index in [-0.39, 0.29) is 0 Å². The second-order valence-corrected chi connectivity index (χ2v) is 7.60. The largest absolute Gasteiger partial charge is 0.330 e. The molecule has 0 aromatic carbocycles. The van der Waals surface area contributed by atoms with Crippen molar-refractivity contribution in [3.05, 3.63) is 0 Å². The quantitative estimate of drug-likeness (QED) is 0.673. The Balaban J connectivity index is 2.65. The van der Waals surface area contributed by atoms with Crippen molar-refractivity contribution in [2.75, 3.05) is 19.6 Å². The van der Waals surface area contributed by atoms with E-state index in [1.807, 2.05) is 0 Å². The first-order valence-corrected chi connectivity index (χ1v) is 8.98. The molecule has 0 heterocycles. The van der Waals surface area contributed by atoms with Crippen LogP contribution < -0.4 is 5.73 Å². The molecule has 1 aliphatic carbocycles. The highest BCUT2D eigenvalue weighted by atomic mass is 15.2. The van der Waals surface area contributed by atoms with Gasteiger partial charge in [0, 0.05) is 6.04 Å². The lowest BCUT2D eigenvalue weighted by atomic mass is 9.92. The van der Waals surface area contributed by atoms with Crippen LogP contribution in [0.4, 0.5) is 0 Å². The molecule has 0 radical (unpaired) electrons. The van der Waals surface area contributed by atoms with Crippen molar-refractivity contribution in [1.29, 1.82) is 0 Å². The first-order valence-electron chi connectivity index (χ1n) is 8.98. The summed E-state index contributed by atoms with van der Waals surface area (Å²) in [5, 5.41) is 0. The third kappa shape index (κ3) is 6.58. The lowest BCUT2D eigenvalue weighted by Crippen LogP contribution is -2.44. The van der Waals surface area contributed by atoms with Gasteiger partial charge < -0.3 is 10.6 Å². The Morgan fingerprint density at radius 2 is 1.45 bits per heavy atom. The highest BCUT2D eigenvalue weighted by Gasteiger charge is 2.27. The Kier molecular flexibility index (Phi) is 8.79. The molecule has 0 aromatic rings. The van der Waals surface area contributed by atoms with Crippen molar-refractivity contribution in [3.8, 4) is 0 Å². The smallest absolute Gasteiger partial charge is 0.0136 e. The third-order valence-electron chi connectivity index (χ3n) is 4.88. The van der Waals surface area contributed by atoms with Gasteiger partial charge in [-0.2, -0.15) is 0 Å². The molecule has 120 valence electrons. The van der Waals surface area contributed by atoms with E-state index in [0.29, 0.717) is 0 Å². The Labute approximate surface area is 127 Å². The van der Waals surface area contributed by atoms with E-state index < -0.39 is 0 Å². The highest BCUT2D eigenvalue weighted by molar-refractivity contribution is 4.83. The fourth-order valence-corrected chi connectivity index (χ4v) is 3.41. The van der Waals surface area contributed by atoms with Crippen LogP contribution in [-0.4, -0.2) is 30.6 Å². The van der Waals surface area contributed by atoms with Gasteiger partial charge in [-0.25, -0.2) is 0 Å². The molecule has 20 heavy (non-hydrogen) atoms. The Bertz CT molecular complexity index is 226. The van der Waals surface area contributed by atoms with Gasteiger partial charge in [-0.1, -0.05) is 47.0 Å². The van der Waals surface area contributed by atoms with Crippen molar-refractivity contribution in [2.45, 2.75) is 78.7 Å². The van der Waals surface area contributed by atoms with E-state index in [9.17, 15) is 0 Å². The normalized spacial score (nSPS) is 24.6. The van der Waals surface area contributed by atoms with Crippen LogP contribution in [0.5, 0.6) is 0 Å². The molecule has 2 N–H and O–H groups in total. The molecule has 2 unspecified atom stereocenters. The molecule has 0 bridgehead atoms. The zero-order chi connectivity index (χ0) is 15.0. The minimum absolute atomic E-state index is 0.733. The Morgan fingerprint density at radius 1 is 0.900 bits per heavy atom. The molecule has 0 spiro atoms. The molecule has 2 atom stereocenters. The first kappa shape index (κ1) is 18.0. The van der Waals surface area contributed by atoms with Crippen molar-refractivity contribution in [2.24, 2.45) is 23.5 Å². The maximum absolute atomic E-state index is 6.09. The minimum Gasteiger partial charge on any atom is -0.330 e. The van der Waals surface area contributed by atoms with Crippen molar-refractivity contribution >= 4 is 0 Å². The zero-order valence-corrected chi connectivity index (χ0v) is 14.4. The van der Waals surface area contributed by atoms with Crippen molar-refractivity contribution in [3.63, 3.8) is 0 Å². The van der Waals surface area contributed by atoms with Crippen LogP contribution in [0.15, 0.2) is 0 Å². The number of nitrogens with zero attached hydrogens (tertiary/aromatic N) is 1. The summed E-state index contributed by atoms with van der Waals surface area (Å²) in [5.41, 5.74) is 6.09. The van der Waals surface area contributed by atoms with Crippen LogP contribution in [0.1, 0.15) is 72.6 Å². The molecule has 0 saturated heterocycles. The van der Waals surface area contributed by atoms with Crippen LogP contribution in [0, 0.1) is 17.8 Å². The monoisotopic (exact) mass is 282 g/mol. The Morgan fingerprint density at radius 3 is 1.95 bits per heavy atom. The van der Waals surface area contributed by atoms with Gasteiger partial charge in [-0.15, -0.1) is 0 Å². The fraction of sp³-hybridized carbons (Fsp3) is 1.00. The van der Waals surface area contributed by atoms with Gasteiger partial charge in [0.1, 0.15) is 0 Å². The standard InChI is InChI=1S/C18H38N2/c1-15(2)10-12-20(13-11-16(3)4)18-9-7-5-6-8-17(18)14-19/h15-18H,5-14,19H2,1-4H3. The summed E-state index contributed by atoms with van der Waals surface area (Å²) in [6.07, 6.45) is 9.58. The molecule has 1 saturated carbocycles. The third-order valence-corrected chi connectivity index (χ3v) is 4.88. The predicted molar refractivity (Wildman–Crippen MR) is 89.9 cm³/mol. The lowest BCUT2D eigenvalue weighted by Gasteiger charge is -2.37. The summed E-state index contributed by atoms with van der Waals surface area (Å²) < 4.78 is 0. The van der Waals surface area contributed by atoms with Gasteiger partial charge >= 0.3 is 0 Å². The SMILES string of the molecule is CC(C)CCN(CCC(C)C)C1CCCCCC1CN. The van der Waals surface area contributed by atoms with E-state index in [0.717, 1.165) is 30.3 Å². The van der Waals surface area contributed by atoms with E-state index in [2.05, 4.69) is 32.6 Å². The van der Waals surface area contributed by atoms with E-state index in [1.165, 1.54) is 58.0 Å². The molecule has 1 aliphatic rings. The average Bonchev–Trinajstić information content (AvgIpc) is 2.63. The summed E-state index contributed by atoms with van der Waals surface area (Å²) in [4.78, 5) is 2.79. The number of hydrogen-bond acceptors (Lipinski definition) is 2. The maximum atomic E-state index is 6.09. The summed E-state index contributed by atoms with van der Waals surface area (Å²) in [5.74, 6) is 2.34. The molecule has 0 aliphatic heterocycles. The van der Waals surface area contributed by atoms with Gasteiger partial charge in [0.2, 0.25) is 0 Å². The number of hydrogen-bond donors (Lipinski definition) is 1. The summed E-state index contributed by atoms with van der Waals surface area (Å²) in [6.45, 7) is 12.8. The van der Waals surface area contributed by atoms with Gasteiger partial charge in [-0.3, -0.25) is 0 Å². The second-order valence-electron chi connectivity index (χ2n) is 7.60. The molecular weight excluding hydrogens is 244 g/mol. The van der Waals surface area contributed by atoms with Crippen LogP contribution in [-0.2, 0) is 0 Å². The predicted octanol–water partition coefficient (Wildman–Crippen LogP) is 4.29. The highest BCUT2D eigenvalue weighted by Crippen LogP contribution is 2.28. The Hall–Kier alpha value is -0.0800. The van der Waals surface area contributed by atoms with Crippen molar-refractivity contribution < 1.29 is 0 Å². The van der Waals surface area contributed by atoms with Gasteiger partial charge in [0.25, 0.3) is 0 Å². The molecule has 2 nitrogen and oxygen atoms in total. The van der Waals surface area contributed by atoms with Crippen molar-refractivity contribution in [1.82, 2.24) is 4.90 Å². The molecule has 1 rings (SSSR count). The average molecular weight is 283 g/mol. The van der Waals surface area contributed by atoms with Gasteiger partial charge in [0.15, 0.2) is 0 Å². The maximum Gasteiger partial charge on any atom is 0.0136 e. The summed E-state index contributed by atoms with van der Waals surface area (Å²) >= 11 is 0.